The minimum atomic E-state index is -0.104. The van der Waals surface area contributed by atoms with Crippen LogP contribution in [0, 0.1) is 5.41 Å². The van der Waals surface area contributed by atoms with Gasteiger partial charge in [0.05, 0.1) is 13.2 Å². The summed E-state index contributed by atoms with van der Waals surface area (Å²) < 4.78 is 11.5. The van der Waals surface area contributed by atoms with Crippen LogP contribution in [0.5, 0.6) is 0 Å². The van der Waals surface area contributed by atoms with Crippen LogP contribution >= 0.6 is 0 Å². The van der Waals surface area contributed by atoms with Gasteiger partial charge in [0, 0.05) is 23.2 Å². The maximum absolute atomic E-state index is 5.75. The third kappa shape index (κ3) is 2.60. The highest BCUT2D eigenvalue weighted by molar-refractivity contribution is 5.10. The van der Waals surface area contributed by atoms with Crippen LogP contribution in [0.2, 0.25) is 0 Å². The molecule has 0 radical (unpaired) electrons. The Balaban J connectivity index is 1.96. The monoisotopic (exact) mass is 221 g/mol. The Morgan fingerprint density at radius 1 is 1.19 bits per heavy atom. The Bertz CT molecular complexity index is 324. The van der Waals surface area contributed by atoms with Crippen molar-refractivity contribution in [3.05, 3.63) is 30.1 Å². The standard InChI is InChI=1S/C13H19NO2/c1-13(2,3)12-15-8-10(9-16-12)11-6-4-5-7-14-11/h4-7,10,12H,8-9H2,1-3H3. The summed E-state index contributed by atoms with van der Waals surface area (Å²) in [4.78, 5) is 4.33. The highest BCUT2D eigenvalue weighted by atomic mass is 16.7. The second-order valence-corrected chi connectivity index (χ2v) is 5.32. The molecule has 88 valence electrons. The van der Waals surface area contributed by atoms with Crippen molar-refractivity contribution in [3.63, 3.8) is 0 Å². The second kappa shape index (κ2) is 4.52. The van der Waals surface area contributed by atoms with E-state index in [9.17, 15) is 0 Å². The summed E-state index contributed by atoms with van der Waals surface area (Å²) in [6.45, 7) is 7.76. The molecule has 2 heterocycles. The van der Waals surface area contributed by atoms with Crippen LogP contribution in [-0.4, -0.2) is 24.5 Å². The second-order valence-electron chi connectivity index (χ2n) is 5.32. The van der Waals surface area contributed by atoms with E-state index in [1.165, 1.54) is 0 Å². The van der Waals surface area contributed by atoms with Crippen molar-refractivity contribution in [2.75, 3.05) is 13.2 Å². The molecule has 1 fully saturated rings. The summed E-state index contributed by atoms with van der Waals surface area (Å²) >= 11 is 0. The van der Waals surface area contributed by atoms with E-state index in [1.807, 2.05) is 24.4 Å². The van der Waals surface area contributed by atoms with E-state index in [4.69, 9.17) is 9.47 Å². The molecule has 1 aromatic heterocycles. The first kappa shape index (κ1) is 11.6. The third-order valence-corrected chi connectivity index (χ3v) is 2.71. The average Bonchev–Trinajstić information content (AvgIpc) is 2.29. The summed E-state index contributed by atoms with van der Waals surface area (Å²) in [6, 6.07) is 5.94. The molecule has 1 aromatic rings. The van der Waals surface area contributed by atoms with E-state index in [0.717, 1.165) is 5.69 Å². The summed E-state index contributed by atoms with van der Waals surface area (Å²) in [7, 11) is 0. The SMILES string of the molecule is CC(C)(C)C1OCC(c2ccccn2)CO1. The van der Waals surface area contributed by atoms with Crippen molar-refractivity contribution in [1.29, 1.82) is 0 Å². The van der Waals surface area contributed by atoms with Crippen LogP contribution < -0.4 is 0 Å². The Kier molecular flexibility index (Phi) is 3.26. The fourth-order valence-corrected chi connectivity index (χ4v) is 1.79. The molecule has 0 aromatic carbocycles. The lowest BCUT2D eigenvalue weighted by molar-refractivity contribution is -0.231. The number of rotatable bonds is 1. The van der Waals surface area contributed by atoms with Gasteiger partial charge in [-0.3, -0.25) is 4.98 Å². The van der Waals surface area contributed by atoms with Crippen LogP contribution in [0.1, 0.15) is 32.4 Å². The Labute approximate surface area is 96.8 Å². The van der Waals surface area contributed by atoms with Crippen LogP contribution in [0.4, 0.5) is 0 Å². The van der Waals surface area contributed by atoms with Crippen LogP contribution in [0.25, 0.3) is 0 Å². The maximum atomic E-state index is 5.75. The normalized spacial score (nSPS) is 26.7. The highest BCUT2D eigenvalue weighted by Crippen LogP contribution is 2.29. The van der Waals surface area contributed by atoms with Crippen molar-refractivity contribution in [2.24, 2.45) is 5.41 Å². The third-order valence-electron chi connectivity index (χ3n) is 2.71. The van der Waals surface area contributed by atoms with E-state index < -0.39 is 0 Å². The van der Waals surface area contributed by atoms with Gasteiger partial charge in [0.25, 0.3) is 0 Å². The van der Waals surface area contributed by atoms with Gasteiger partial charge in [0.15, 0.2) is 6.29 Å². The molecule has 1 aliphatic rings. The van der Waals surface area contributed by atoms with Crippen LogP contribution in [-0.2, 0) is 9.47 Å². The zero-order chi connectivity index (χ0) is 11.6. The van der Waals surface area contributed by atoms with E-state index in [0.29, 0.717) is 13.2 Å². The zero-order valence-corrected chi connectivity index (χ0v) is 10.1. The Morgan fingerprint density at radius 3 is 2.38 bits per heavy atom. The van der Waals surface area contributed by atoms with Crippen molar-refractivity contribution in [1.82, 2.24) is 4.98 Å². The molecule has 0 unspecified atom stereocenters. The summed E-state index contributed by atoms with van der Waals surface area (Å²) in [6.07, 6.45) is 1.71. The molecule has 1 aliphatic heterocycles. The van der Waals surface area contributed by atoms with Gasteiger partial charge in [-0.05, 0) is 12.1 Å². The fraction of sp³-hybridized carbons (Fsp3) is 0.615. The number of ether oxygens (including phenoxy) is 2. The summed E-state index contributed by atoms with van der Waals surface area (Å²) in [5.74, 6) is 0.264. The molecule has 1 saturated heterocycles. The summed E-state index contributed by atoms with van der Waals surface area (Å²) in [5.41, 5.74) is 1.09. The lowest BCUT2D eigenvalue weighted by Crippen LogP contribution is -2.39. The first-order valence-electron chi connectivity index (χ1n) is 5.71. The van der Waals surface area contributed by atoms with E-state index in [1.54, 1.807) is 0 Å². The molecule has 0 saturated carbocycles. The molecular weight excluding hydrogens is 202 g/mol. The Morgan fingerprint density at radius 2 is 1.88 bits per heavy atom. The number of pyridine rings is 1. The lowest BCUT2D eigenvalue weighted by atomic mass is 9.94. The van der Waals surface area contributed by atoms with Gasteiger partial charge < -0.3 is 9.47 Å². The molecule has 0 bridgehead atoms. The lowest BCUT2D eigenvalue weighted by Gasteiger charge is -2.36. The molecule has 0 amide bonds. The van der Waals surface area contributed by atoms with Crippen molar-refractivity contribution in [3.8, 4) is 0 Å². The largest absolute Gasteiger partial charge is 0.351 e. The number of hydrogen-bond acceptors (Lipinski definition) is 3. The molecule has 0 aliphatic carbocycles. The van der Waals surface area contributed by atoms with Gasteiger partial charge in [-0.15, -0.1) is 0 Å². The molecule has 2 rings (SSSR count). The minimum Gasteiger partial charge on any atom is -0.351 e. The average molecular weight is 221 g/mol. The van der Waals surface area contributed by atoms with Crippen LogP contribution in [0.3, 0.4) is 0 Å². The van der Waals surface area contributed by atoms with Gasteiger partial charge in [-0.25, -0.2) is 0 Å². The number of aromatic nitrogens is 1. The van der Waals surface area contributed by atoms with Gasteiger partial charge in [0.1, 0.15) is 0 Å². The maximum Gasteiger partial charge on any atom is 0.162 e. The van der Waals surface area contributed by atoms with Gasteiger partial charge in [0.2, 0.25) is 0 Å². The predicted octanol–water partition coefficient (Wildman–Crippen LogP) is 2.58. The van der Waals surface area contributed by atoms with Gasteiger partial charge in [-0.1, -0.05) is 26.8 Å². The van der Waals surface area contributed by atoms with E-state index in [-0.39, 0.29) is 17.6 Å². The molecule has 0 atom stereocenters. The van der Waals surface area contributed by atoms with Crippen LogP contribution in [0.15, 0.2) is 24.4 Å². The molecule has 3 heteroatoms. The Hall–Kier alpha value is -0.930. The molecule has 16 heavy (non-hydrogen) atoms. The summed E-state index contributed by atoms with van der Waals surface area (Å²) in [5, 5.41) is 0. The number of hydrogen-bond donors (Lipinski definition) is 0. The van der Waals surface area contributed by atoms with Crippen molar-refractivity contribution in [2.45, 2.75) is 33.0 Å². The number of nitrogens with zero attached hydrogens (tertiary/aromatic N) is 1. The highest BCUT2D eigenvalue weighted by Gasteiger charge is 2.32. The molecule has 3 nitrogen and oxygen atoms in total. The molecule has 0 spiro atoms. The smallest absolute Gasteiger partial charge is 0.162 e. The predicted molar refractivity (Wildman–Crippen MR) is 62.1 cm³/mol. The van der Waals surface area contributed by atoms with E-state index >= 15 is 0 Å². The molecule has 0 N–H and O–H groups in total. The minimum absolute atomic E-state index is 0.0368. The van der Waals surface area contributed by atoms with Gasteiger partial charge >= 0.3 is 0 Å². The van der Waals surface area contributed by atoms with Crippen molar-refractivity contribution < 1.29 is 9.47 Å². The topological polar surface area (TPSA) is 31.4 Å². The first-order chi connectivity index (χ1) is 7.57. The zero-order valence-electron chi connectivity index (χ0n) is 10.1. The fourth-order valence-electron chi connectivity index (χ4n) is 1.79. The quantitative estimate of drug-likeness (QED) is 0.730. The van der Waals surface area contributed by atoms with Gasteiger partial charge in [-0.2, -0.15) is 0 Å². The first-order valence-corrected chi connectivity index (χ1v) is 5.71. The van der Waals surface area contributed by atoms with Crippen molar-refractivity contribution >= 4 is 0 Å². The van der Waals surface area contributed by atoms with E-state index in [2.05, 4.69) is 25.8 Å². The molecular formula is C13H19NO2.